The summed E-state index contributed by atoms with van der Waals surface area (Å²) in [7, 11) is 0. The molecule has 1 aromatic rings. The standard InChI is InChI=1S/C6H7N3/c1-2-9-6-4-7-3-5(6)8-1/h1-2,7H,3-4H2. The van der Waals surface area contributed by atoms with Gasteiger partial charge in [-0.2, -0.15) is 0 Å². The molecule has 0 amide bonds. The van der Waals surface area contributed by atoms with Gasteiger partial charge >= 0.3 is 0 Å². The Morgan fingerprint density at radius 2 is 1.67 bits per heavy atom. The fourth-order valence-electron chi connectivity index (χ4n) is 0.990. The summed E-state index contributed by atoms with van der Waals surface area (Å²) in [5.74, 6) is 0. The van der Waals surface area contributed by atoms with Gasteiger partial charge in [-0.3, -0.25) is 9.97 Å². The first-order chi connectivity index (χ1) is 4.47. The predicted octanol–water partition coefficient (Wildman–Crippen LogP) is 0.0798. The number of hydrogen-bond acceptors (Lipinski definition) is 3. The quantitative estimate of drug-likeness (QED) is 0.528. The zero-order chi connectivity index (χ0) is 6.10. The molecular formula is C6H7N3. The summed E-state index contributed by atoms with van der Waals surface area (Å²) >= 11 is 0. The molecule has 3 nitrogen and oxygen atoms in total. The van der Waals surface area contributed by atoms with Crippen molar-refractivity contribution in [1.82, 2.24) is 15.3 Å². The van der Waals surface area contributed by atoms with Gasteiger partial charge in [-0.25, -0.2) is 0 Å². The molecular weight excluding hydrogens is 114 g/mol. The zero-order valence-electron chi connectivity index (χ0n) is 4.96. The second kappa shape index (κ2) is 1.77. The maximum atomic E-state index is 4.13. The van der Waals surface area contributed by atoms with Crippen molar-refractivity contribution in [2.75, 3.05) is 0 Å². The summed E-state index contributed by atoms with van der Waals surface area (Å²) in [6.45, 7) is 1.76. The van der Waals surface area contributed by atoms with Crippen molar-refractivity contribution in [3.05, 3.63) is 23.8 Å². The molecule has 9 heavy (non-hydrogen) atoms. The molecule has 1 aliphatic heterocycles. The summed E-state index contributed by atoms with van der Waals surface area (Å²) in [5, 5.41) is 3.16. The number of aromatic nitrogens is 2. The lowest BCUT2D eigenvalue weighted by molar-refractivity contribution is 0.753. The fourth-order valence-corrected chi connectivity index (χ4v) is 0.990. The van der Waals surface area contributed by atoms with Gasteiger partial charge in [0.1, 0.15) is 0 Å². The number of rotatable bonds is 0. The minimum atomic E-state index is 0.878. The third-order valence-corrected chi connectivity index (χ3v) is 1.45. The van der Waals surface area contributed by atoms with Gasteiger partial charge in [0.05, 0.1) is 11.4 Å². The highest BCUT2D eigenvalue weighted by molar-refractivity contribution is 5.14. The van der Waals surface area contributed by atoms with Gasteiger partial charge in [-0.1, -0.05) is 0 Å². The van der Waals surface area contributed by atoms with Crippen LogP contribution in [0.1, 0.15) is 11.4 Å². The van der Waals surface area contributed by atoms with Crippen molar-refractivity contribution in [3.8, 4) is 0 Å². The van der Waals surface area contributed by atoms with Crippen LogP contribution in [0.5, 0.6) is 0 Å². The van der Waals surface area contributed by atoms with Gasteiger partial charge in [0.15, 0.2) is 0 Å². The van der Waals surface area contributed by atoms with Crippen molar-refractivity contribution >= 4 is 0 Å². The molecule has 0 saturated carbocycles. The molecule has 46 valence electrons. The van der Waals surface area contributed by atoms with Gasteiger partial charge in [0.25, 0.3) is 0 Å². The van der Waals surface area contributed by atoms with Crippen LogP contribution in [0, 0.1) is 0 Å². The Kier molecular flexibility index (Phi) is 0.960. The lowest BCUT2D eigenvalue weighted by atomic mass is 10.4. The topological polar surface area (TPSA) is 37.8 Å². The van der Waals surface area contributed by atoms with E-state index in [0.717, 1.165) is 24.5 Å². The lowest BCUT2D eigenvalue weighted by Gasteiger charge is -1.89. The van der Waals surface area contributed by atoms with Crippen LogP contribution in [-0.4, -0.2) is 9.97 Å². The molecule has 0 unspecified atom stereocenters. The van der Waals surface area contributed by atoms with Crippen LogP contribution in [0.4, 0.5) is 0 Å². The minimum absolute atomic E-state index is 0.878. The minimum Gasteiger partial charge on any atom is -0.305 e. The maximum Gasteiger partial charge on any atom is 0.0770 e. The van der Waals surface area contributed by atoms with Crippen molar-refractivity contribution in [3.63, 3.8) is 0 Å². The third kappa shape index (κ3) is 0.695. The Morgan fingerprint density at radius 1 is 1.11 bits per heavy atom. The van der Waals surface area contributed by atoms with E-state index in [4.69, 9.17) is 0 Å². The van der Waals surface area contributed by atoms with E-state index in [9.17, 15) is 0 Å². The summed E-state index contributed by atoms with van der Waals surface area (Å²) in [5.41, 5.74) is 2.19. The molecule has 0 fully saturated rings. The Balaban J connectivity index is 2.54. The Hall–Kier alpha value is -0.960. The van der Waals surface area contributed by atoms with E-state index < -0.39 is 0 Å². The highest BCUT2D eigenvalue weighted by Crippen LogP contribution is 2.06. The van der Waals surface area contributed by atoms with Gasteiger partial charge in [-0.05, 0) is 0 Å². The molecule has 0 spiro atoms. The molecule has 2 heterocycles. The molecule has 1 N–H and O–H groups in total. The SMILES string of the molecule is c1cnc2c(n1)CNC2. The second-order valence-corrected chi connectivity index (χ2v) is 2.05. The predicted molar refractivity (Wildman–Crippen MR) is 32.6 cm³/mol. The lowest BCUT2D eigenvalue weighted by Crippen LogP contribution is -2.00. The van der Waals surface area contributed by atoms with Crippen molar-refractivity contribution in [2.24, 2.45) is 0 Å². The molecule has 0 atom stereocenters. The van der Waals surface area contributed by atoms with E-state index in [2.05, 4.69) is 15.3 Å². The molecule has 1 aromatic heterocycles. The molecule has 3 heteroatoms. The van der Waals surface area contributed by atoms with Gasteiger partial charge in [-0.15, -0.1) is 0 Å². The van der Waals surface area contributed by atoms with Gasteiger partial charge in [0, 0.05) is 25.5 Å². The molecule has 1 aliphatic rings. The first kappa shape index (κ1) is 4.88. The first-order valence-electron chi connectivity index (χ1n) is 2.96. The van der Waals surface area contributed by atoms with E-state index in [1.54, 1.807) is 12.4 Å². The molecule has 0 saturated heterocycles. The highest BCUT2D eigenvalue weighted by atomic mass is 15.0. The summed E-state index contributed by atoms with van der Waals surface area (Å²) < 4.78 is 0. The average Bonchev–Trinajstić information content (AvgIpc) is 2.33. The Bertz CT molecular complexity index is 198. The number of nitrogens with one attached hydrogen (secondary N) is 1. The zero-order valence-corrected chi connectivity index (χ0v) is 4.96. The van der Waals surface area contributed by atoms with E-state index in [-0.39, 0.29) is 0 Å². The Labute approximate surface area is 53.1 Å². The normalized spacial score (nSPS) is 15.6. The van der Waals surface area contributed by atoms with Crippen LogP contribution < -0.4 is 5.32 Å². The summed E-state index contributed by atoms with van der Waals surface area (Å²) in [6, 6.07) is 0. The van der Waals surface area contributed by atoms with Crippen molar-refractivity contribution in [1.29, 1.82) is 0 Å². The molecule has 2 rings (SSSR count). The van der Waals surface area contributed by atoms with Crippen LogP contribution in [-0.2, 0) is 13.1 Å². The molecule has 0 radical (unpaired) electrons. The van der Waals surface area contributed by atoms with Gasteiger partial charge in [0.2, 0.25) is 0 Å². The third-order valence-electron chi connectivity index (χ3n) is 1.45. The van der Waals surface area contributed by atoms with E-state index in [1.807, 2.05) is 0 Å². The number of nitrogens with zero attached hydrogens (tertiary/aromatic N) is 2. The number of hydrogen-bond donors (Lipinski definition) is 1. The number of fused-ring (bicyclic) bond motifs is 1. The fraction of sp³-hybridized carbons (Fsp3) is 0.333. The first-order valence-corrected chi connectivity index (χ1v) is 2.96. The second-order valence-electron chi connectivity index (χ2n) is 2.05. The smallest absolute Gasteiger partial charge is 0.0770 e. The highest BCUT2D eigenvalue weighted by Gasteiger charge is 2.09. The molecule has 0 aromatic carbocycles. The van der Waals surface area contributed by atoms with Crippen LogP contribution in [0.3, 0.4) is 0 Å². The van der Waals surface area contributed by atoms with E-state index in [1.165, 1.54) is 0 Å². The average molecular weight is 121 g/mol. The Morgan fingerprint density at radius 3 is 2.22 bits per heavy atom. The maximum absolute atomic E-state index is 4.13. The van der Waals surface area contributed by atoms with Crippen molar-refractivity contribution < 1.29 is 0 Å². The van der Waals surface area contributed by atoms with Crippen LogP contribution in [0.15, 0.2) is 12.4 Å². The molecule has 0 aliphatic carbocycles. The van der Waals surface area contributed by atoms with Crippen LogP contribution >= 0.6 is 0 Å². The van der Waals surface area contributed by atoms with E-state index in [0.29, 0.717) is 0 Å². The summed E-state index contributed by atoms with van der Waals surface area (Å²) in [6.07, 6.45) is 3.46. The van der Waals surface area contributed by atoms with Crippen LogP contribution in [0.25, 0.3) is 0 Å². The largest absolute Gasteiger partial charge is 0.305 e. The monoisotopic (exact) mass is 121 g/mol. The summed E-state index contributed by atoms with van der Waals surface area (Å²) in [4.78, 5) is 8.27. The van der Waals surface area contributed by atoms with E-state index >= 15 is 0 Å². The molecule has 0 bridgehead atoms. The van der Waals surface area contributed by atoms with Crippen molar-refractivity contribution in [2.45, 2.75) is 13.1 Å². The van der Waals surface area contributed by atoms with Gasteiger partial charge < -0.3 is 5.32 Å². The van der Waals surface area contributed by atoms with Crippen LogP contribution in [0.2, 0.25) is 0 Å².